The number of aryl methyl sites for hydroxylation is 2. The summed E-state index contributed by atoms with van der Waals surface area (Å²) in [6.07, 6.45) is 2.94. The fraction of sp³-hybridized carbons (Fsp3) is 0.346. The van der Waals surface area contributed by atoms with Crippen LogP contribution in [-0.2, 0) is 31.9 Å². The van der Waals surface area contributed by atoms with Gasteiger partial charge in [-0.2, -0.15) is 0 Å². The van der Waals surface area contributed by atoms with Crippen LogP contribution in [0.25, 0.3) is 5.57 Å². The van der Waals surface area contributed by atoms with Gasteiger partial charge >= 0.3 is 11.9 Å². The molecule has 7 nitrogen and oxygen atoms in total. The molecule has 0 N–H and O–H groups in total. The quantitative estimate of drug-likeness (QED) is 0.387. The maximum absolute atomic E-state index is 12.2. The predicted molar refractivity (Wildman–Crippen MR) is 120 cm³/mol. The van der Waals surface area contributed by atoms with Crippen molar-refractivity contribution in [2.45, 2.75) is 45.3 Å². The molecule has 3 aliphatic rings. The minimum absolute atomic E-state index is 0.00123. The summed E-state index contributed by atoms with van der Waals surface area (Å²) in [6.45, 7) is 3.08. The van der Waals surface area contributed by atoms with Crippen LogP contribution < -0.4 is 9.47 Å². The highest BCUT2D eigenvalue weighted by Crippen LogP contribution is 2.39. The van der Waals surface area contributed by atoms with Crippen molar-refractivity contribution < 1.29 is 33.3 Å². The largest absolute Gasteiger partial charge is 0.497 e. The topological polar surface area (TPSA) is 88.1 Å². The van der Waals surface area contributed by atoms with Crippen molar-refractivity contribution in [1.29, 1.82) is 0 Å². The molecule has 2 aliphatic carbocycles. The Hall–Kier alpha value is -3.61. The van der Waals surface area contributed by atoms with Gasteiger partial charge in [-0.3, -0.25) is 4.79 Å². The highest BCUT2D eigenvalue weighted by Gasteiger charge is 2.41. The van der Waals surface area contributed by atoms with E-state index in [0.717, 1.165) is 40.8 Å². The van der Waals surface area contributed by atoms with E-state index in [9.17, 15) is 14.4 Å². The number of Topliss-reactive ketones (excluding diaryl/α,β-unsaturated/α-hetero) is 1. The van der Waals surface area contributed by atoms with E-state index in [1.807, 2.05) is 36.4 Å². The first kappa shape index (κ1) is 22.6. The van der Waals surface area contributed by atoms with E-state index in [2.05, 4.69) is 0 Å². The SMILES string of the molecule is COc1ccc2c(c1)C(=C1C(=O)OC(C)(C)OC1=O)CC2.COc1ccc2c(c1)C(=O)CC2. The molecule has 1 saturated heterocycles. The minimum atomic E-state index is -1.21. The average molecular weight is 450 g/mol. The summed E-state index contributed by atoms with van der Waals surface area (Å²) in [5, 5.41) is 0. The van der Waals surface area contributed by atoms with Gasteiger partial charge in [-0.15, -0.1) is 0 Å². The summed E-state index contributed by atoms with van der Waals surface area (Å²) < 4.78 is 20.6. The van der Waals surface area contributed by atoms with E-state index >= 15 is 0 Å². The summed E-state index contributed by atoms with van der Waals surface area (Å²) in [4.78, 5) is 35.6. The van der Waals surface area contributed by atoms with Crippen molar-refractivity contribution in [3.8, 4) is 11.5 Å². The Bertz CT molecular complexity index is 1150. The summed E-state index contributed by atoms with van der Waals surface area (Å²) in [7, 11) is 3.19. The lowest BCUT2D eigenvalue weighted by Crippen LogP contribution is -2.42. The van der Waals surface area contributed by atoms with Gasteiger partial charge in [-0.1, -0.05) is 12.1 Å². The van der Waals surface area contributed by atoms with E-state index in [1.165, 1.54) is 13.8 Å². The molecule has 1 fully saturated rings. The number of hydrogen-bond donors (Lipinski definition) is 0. The lowest BCUT2D eigenvalue weighted by molar-refractivity contribution is -0.222. The fourth-order valence-electron chi connectivity index (χ4n) is 4.28. The Labute approximate surface area is 192 Å². The molecule has 7 heteroatoms. The maximum Gasteiger partial charge on any atom is 0.349 e. The first-order valence-electron chi connectivity index (χ1n) is 10.8. The van der Waals surface area contributed by atoms with E-state index in [1.54, 1.807) is 14.2 Å². The highest BCUT2D eigenvalue weighted by atomic mass is 16.7. The van der Waals surface area contributed by atoms with Crippen molar-refractivity contribution in [3.63, 3.8) is 0 Å². The molecule has 0 unspecified atom stereocenters. The molecule has 1 heterocycles. The third kappa shape index (κ3) is 4.49. The Balaban J connectivity index is 0.000000183. The van der Waals surface area contributed by atoms with Gasteiger partial charge in [0.1, 0.15) is 17.1 Å². The number of ketones is 1. The predicted octanol–water partition coefficient (Wildman–Crippen LogP) is 4.06. The molecule has 0 radical (unpaired) electrons. The van der Waals surface area contributed by atoms with Crippen LogP contribution in [0.3, 0.4) is 0 Å². The van der Waals surface area contributed by atoms with Crippen LogP contribution >= 0.6 is 0 Å². The van der Waals surface area contributed by atoms with Gasteiger partial charge in [0, 0.05) is 25.8 Å². The van der Waals surface area contributed by atoms with E-state index in [0.29, 0.717) is 24.2 Å². The number of hydrogen-bond acceptors (Lipinski definition) is 7. The van der Waals surface area contributed by atoms with Gasteiger partial charge < -0.3 is 18.9 Å². The van der Waals surface area contributed by atoms with Crippen LogP contribution in [0.2, 0.25) is 0 Å². The molecule has 2 aromatic rings. The molecule has 1 aliphatic heterocycles. The third-order valence-corrected chi connectivity index (χ3v) is 5.91. The van der Waals surface area contributed by atoms with Gasteiger partial charge in [-0.05, 0) is 65.8 Å². The van der Waals surface area contributed by atoms with Gasteiger partial charge in [0.05, 0.1) is 14.2 Å². The van der Waals surface area contributed by atoms with E-state index < -0.39 is 17.7 Å². The number of esters is 2. The third-order valence-electron chi connectivity index (χ3n) is 5.91. The lowest BCUT2D eigenvalue weighted by atomic mass is 10.0. The molecular weight excluding hydrogens is 424 g/mol. The second kappa shape index (κ2) is 8.73. The number of carbonyl (C=O) groups is 3. The van der Waals surface area contributed by atoms with Crippen molar-refractivity contribution in [2.24, 2.45) is 0 Å². The van der Waals surface area contributed by atoms with Crippen LogP contribution in [0.5, 0.6) is 11.5 Å². The first-order valence-corrected chi connectivity index (χ1v) is 10.8. The number of methoxy groups -OCH3 is 2. The van der Waals surface area contributed by atoms with E-state index in [4.69, 9.17) is 18.9 Å². The molecule has 0 amide bonds. The zero-order valence-corrected chi connectivity index (χ0v) is 19.2. The van der Waals surface area contributed by atoms with E-state index in [-0.39, 0.29) is 11.4 Å². The van der Waals surface area contributed by atoms with Crippen LogP contribution in [0.15, 0.2) is 42.0 Å². The van der Waals surface area contributed by atoms with Crippen molar-refractivity contribution in [3.05, 3.63) is 64.2 Å². The number of ether oxygens (including phenoxy) is 4. The first-order chi connectivity index (χ1) is 15.7. The number of carbonyl (C=O) groups excluding carboxylic acids is 3. The van der Waals surface area contributed by atoms with Crippen molar-refractivity contribution in [2.75, 3.05) is 14.2 Å². The van der Waals surface area contributed by atoms with Crippen molar-refractivity contribution >= 4 is 23.3 Å². The Morgan fingerprint density at radius 1 is 0.727 bits per heavy atom. The Morgan fingerprint density at radius 2 is 1.24 bits per heavy atom. The molecule has 33 heavy (non-hydrogen) atoms. The second-order valence-corrected chi connectivity index (χ2v) is 8.50. The standard InChI is InChI=1S/C16H16O5.C10H10O2/c1-16(2)20-14(17)13(15(18)21-16)11-7-5-9-4-6-10(19-3)8-12(9)11;1-12-8-4-2-7-3-5-10(11)9(7)6-8/h4,6,8H,5,7H2,1-3H3;2,4,6H,3,5H2,1H3. The summed E-state index contributed by atoms with van der Waals surface area (Å²) in [6, 6.07) is 11.4. The van der Waals surface area contributed by atoms with Gasteiger partial charge in [0.2, 0.25) is 0 Å². The average Bonchev–Trinajstić information content (AvgIpc) is 3.36. The Morgan fingerprint density at radius 3 is 1.82 bits per heavy atom. The smallest absolute Gasteiger partial charge is 0.349 e. The zero-order valence-electron chi connectivity index (χ0n) is 19.2. The molecule has 0 atom stereocenters. The van der Waals surface area contributed by atoms with Crippen LogP contribution in [0, 0.1) is 0 Å². The second-order valence-electron chi connectivity index (χ2n) is 8.50. The molecule has 0 aromatic heterocycles. The number of allylic oxidation sites excluding steroid dienone is 1. The number of benzene rings is 2. The molecule has 2 aromatic carbocycles. The summed E-state index contributed by atoms with van der Waals surface area (Å²) in [5.74, 6) is -0.767. The van der Waals surface area contributed by atoms with Crippen LogP contribution in [0.1, 0.15) is 53.7 Å². The van der Waals surface area contributed by atoms with Gasteiger partial charge in [0.15, 0.2) is 5.78 Å². The molecule has 172 valence electrons. The molecular formula is C26H26O7. The molecule has 5 rings (SSSR count). The minimum Gasteiger partial charge on any atom is -0.497 e. The maximum atomic E-state index is 12.2. The fourth-order valence-corrected chi connectivity index (χ4v) is 4.28. The summed E-state index contributed by atoms with van der Waals surface area (Å²) >= 11 is 0. The molecule has 0 bridgehead atoms. The van der Waals surface area contributed by atoms with Gasteiger partial charge in [-0.25, -0.2) is 9.59 Å². The summed E-state index contributed by atoms with van der Waals surface area (Å²) in [5.41, 5.74) is 4.62. The van der Waals surface area contributed by atoms with Crippen LogP contribution in [0.4, 0.5) is 0 Å². The highest BCUT2D eigenvalue weighted by molar-refractivity contribution is 6.21. The number of rotatable bonds is 2. The monoisotopic (exact) mass is 450 g/mol. The molecule has 0 saturated carbocycles. The van der Waals surface area contributed by atoms with Crippen molar-refractivity contribution in [1.82, 2.24) is 0 Å². The number of cyclic esters (lactones) is 2. The lowest BCUT2D eigenvalue weighted by Gasteiger charge is -2.30. The Kier molecular flexibility index (Phi) is 5.97. The van der Waals surface area contributed by atoms with Gasteiger partial charge in [0.25, 0.3) is 5.79 Å². The van der Waals surface area contributed by atoms with Crippen LogP contribution in [-0.4, -0.2) is 37.7 Å². The zero-order chi connectivity index (χ0) is 23.8. The normalized spacial score (nSPS) is 18.0. The number of fused-ring (bicyclic) bond motifs is 2. The molecule has 0 spiro atoms.